The number of aromatic nitrogens is 1. The lowest BCUT2D eigenvalue weighted by Crippen LogP contribution is -2.42. The monoisotopic (exact) mass is 283 g/mol. The highest BCUT2D eigenvalue weighted by molar-refractivity contribution is 7.89. The van der Waals surface area contributed by atoms with Crippen LogP contribution in [0.25, 0.3) is 0 Å². The van der Waals surface area contributed by atoms with Crippen LogP contribution in [0.3, 0.4) is 0 Å². The molecule has 0 radical (unpaired) electrons. The van der Waals surface area contributed by atoms with Gasteiger partial charge in [-0.2, -0.15) is 4.31 Å². The van der Waals surface area contributed by atoms with Crippen LogP contribution in [0.5, 0.6) is 0 Å². The molecule has 106 valence electrons. The van der Waals surface area contributed by atoms with E-state index >= 15 is 0 Å². The Morgan fingerprint density at radius 3 is 2.58 bits per heavy atom. The Balaban J connectivity index is 2.36. The van der Waals surface area contributed by atoms with Crippen LogP contribution in [0.15, 0.2) is 23.2 Å². The third-order valence-electron chi connectivity index (χ3n) is 3.49. The summed E-state index contributed by atoms with van der Waals surface area (Å²) in [7, 11) is -3.48. The summed E-state index contributed by atoms with van der Waals surface area (Å²) in [5, 5.41) is 0. The number of piperidine rings is 1. The Morgan fingerprint density at radius 1 is 1.37 bits per heavy atom. The van der Waals surface area contributed by atoms with E-state index in [9.17, 15) is 8.42 Å². The van der Waals surface area contributed by atoms with Gasteiger partial charge in [0.1, 0.15) is 4.90 Å². The first kappa shape index (κ1) is 14.4. The molecule has 1 aliphatic heterocycles. The highest BCUT2D eigenvalue weighted by Gasteiger charge is 2.32. The molecule has 0 aliphatic carbocycles. The number of nitrogens with zero attached hydrogens (tertiary/aromatic N) is 2. The lowest BCUT2D eigenvalue weighted by atomic mass is 9.94. The number of hydrogen-bond acceptors (Lipinski definition) is 4. The molecule has 2 unspecified atom stereocenters. The average Bonchev–Trinajstić information content (AvgIpc) is 2.37. The van der Waals surface area contributed by atoms with E-state index in [1.165, 1.54) is 0 Å². The molecular weight excluding hydrogens is 262 g/mol. The maximum atomic E-state index is 12.7. The number of pyridine rings is 1. The molecule has 0 spiro atoms. The van der Waals surface area contributed by atoms with Gasteiger partial charge in [-0.25, -0.2) is 8.42 Å². The number of sulfonamides is 1. The zero-order valence-corrected chi connectivity index (χ0v) is 12.2. The minimum Gasteiger partial charge on any atom is -0.325 e. The highest BCUT2D eigenvalue weighted by Crippen LogP contribution is 2.27. The Labute approximate surface area is 114 Å². The fourth-order valence-corrected chi connectivity index (χ4v) is 4.62. The normalized spacial score (nSPS) is 25.4. The van der Waals surface area contributed by atoms with Crippen molar-refractivity contribution in [3.05, 3.63) is 24.0 Å². The van der Waals surface area contributed by atoms with Crippen LogP contribution in [0.4, 0.5) is 0 Å². The summed E-state index contributed by atoms with van der Waals surface area (Å²) in [5.41, 5.74) is 6.02. The summed E-state index contributed by atoms with van der Waals surface area (Å²) in [6.07, 6.45) is 2.64. The lowest BCUT2D eigenvalue weighted by Gasteiger charge is -2.34. The summed E-state index contributed by atoms with van der Waals surface area (Å²) in [6, 6.07) is 3.23. The first-order valence-corrected chi connectivity index (χ1v) is 8.03. The Bertz CT molecular complexity index is 535. The topological polar surface area (TPSA) is 76.3 Å². The van der Waals surface area contributed by atoms with E-state index in [0.717, 1.165) is 6.42 Å². The summed E-state index contributed by atoms with van der Waals surface area (Å²) in [5.74, 6) is 0.771. The predicted molar refractivity (Wildman–Crippen MR) is 73.8 cm³/mol. The minimum absolute atomic E-state index is 0.133. The van der Waals surface area contributed by atoms with Crippen molar-refractivity contribution >= 4 is 10.0 Å². The molecule has 2 heterocycles. The van der Waals surface area contributed by atoms with Crippen LogP contribution in [-0.2, 0) is 16.6 Å². The average molecular weight is 283 g/mol. The van der Waals surface area contributed by atoms with Crippen molar-refractivity contribution in [2.75, 3.05) is 13.1 Å². The van der Waals surface area contributed by atoms with Gasteiger partial charge in [-0.15, -0.1) is 0 Å². The molecule has 19 heavy (non-hydrogen) atoms. The molecule has 2 atom stereocenters. The van der Waals surface area contributed by atoms with Gasteiger partial charge in [0, 0.05) is 25.8 Å². The van der Waals surface area contributed by atoms with Gasteiger partial charge in [0.05, 0.1) is 5.69 Å². The fraction of sp³-hybridized carbons (Fsp3) is 0.615. The van der Waals surface area contributed by atoms with Crippen molar-refractivity contribution in [3.63, 3.8) is 0 Å². The summed E-state index contributed by atoms with van der Waals surface area (Å²) < 4.78 is 26.9. The van der Waals surface area contributed by atoms with Crippen LogP contribution in [0.2, 0.25) is 0 Å². The summed E-state index contributed by atoms with van der Waals surface area (Å²) in [4.78, 5) is 4.31. The zero-order valence-electron chi connectivity index (χ0n) is 11.4. The van der Waals surface area contributed by atoms with Crippen LogP contribution in [0, 0.1) is 11.8 Å². The van der Waals surface area contributed by atoms with E-state index < -0.39 is 10.0 Å². The van der Waals surface area contributed by atoms with Gasteiger partial charge in [-0.1, -0.05) is 13.8 Å². The van der Waals surface area contributed by atoms with E-state index in [-0.39, 0.29) is 11.4 Å². The SMILES string of the molecule is CC1CC(C)CN(S(=O)(=O)c2cccnc2CN)C1. The standard InChI is InChI=1S/C13H21N3O2S/c1-10-6-11(2)9-16(8-10)19(17,18)13-4-3-5-15-12(13)7-14/h3-5,10-11H,6-9,14H2,1-2H3. The summed E-state index contributed by atoms with van der Waals surface area (Å²) in [6.45, 7) is 5.46. The quantitative estimate of drug-likeness (QED) is 0.904. The van der Waals surface area contributed by atoms with Crippen LogP contribution < -0.4 is 5.73 Å². The van der Waals surface area contributed by atoms with E-state index in [0.29, 0.717) is 30.6 Å². The van der Waals surface area contributed by atoms with Gasteiger partial charge in [-0.05, 0) is 30.4 Å². The van der Waals surface area contributed by atoms with Crippen molar-refractivity contribution in [1.29, 1.82) is 0 Å². The predicted octanol–water partition coefficient (Wildman–Crippen LogP) is 1.21. The Hall–Kier alpha value is -0.980. The molecule has 5 nitrogen and oxygen atoms in total. The third-order valence-corrected chi connectivity index (χ3v) is 5.40. The number of rotatable bonds is 3. The van der Waals surface area contributed by atoms with Gasteiger partial charge in [0.2, 0.25) is 10.0 Å². The molecule has 2 N–H and O–H groups in total. The van der Waals surface area contributed by atoms with Gasteiger partial charge in [-0.3, -0.25) is 4.98 Å². The van der Waals surface area contributed by atoms with Crippen LogP contribution >= 0.6 is 0 Å². The molecule has 0 amide bonds. The van der Waals surface area contributed by atoms with Crippen molar-refractivity contribution in [1.82, 2.24) is 9.29 Å². The molecule has 1 aromatic rings. The molecule has 1 aliphatic rings. The highest BCUT2D eigenvalue weighted by atomic mass is 32.2. The molecule has 1 saturated heterocycles. The molecule has 0 bridgehead atoms. The van der Waals surface area contributed by atoms with Crippen LogP contribution in [-0.4, -0.2) is 30.8 Å². The second kappa shape index (κ2) is 5.56. The maximum Gasteiger partial charge on any atom is 0.244 e. The van der Waals surface area contributed by atoms with E-state index in [1.807, 2.05) is 0 Å². The van der Waals surface area contributed by atoms with Crippen molar-refractivity contribution in [2.24, 2.45) is 17.6 Å². The van der Waals surface area contributed by atoms with Crippen molar-refractivity contribution < 1.29 is 8.42 Å². The van der Waals surface area contributed by atoms with Gasteiger partial charge < -0.3 is 5.73 Å². The van der Waals surface area contributed by atoms with Crippen LogP contribution in [0.1, 0.15) is 26.0 Å². The summed E-state index contributed by atoms with van der Waals surface area (Å²) >= 11 is 0. The Morgan fingerprint density at radius 2 is 2.00 bits per heavy atom. The first-order chi connectivity index (χ1) is 8.95. The fourth-order valence-electron chi connectivity index (χ4n) is 2.75. The molecule has 2 rings (SSSR count). The minimum atomic E-state index is -3.48. The lowest BCUT2D eigenvalue weighted by molar-refractivity contribution is 0.222. The van der Waals surface area contributed by atoms with Gasteiger partial charge >= 0.3 is 0 Å². The molecular formula is C13H21N3O2S. The number of nitrogens with two attached hydrogens (primary N) is 1. The number of hydrogen-bond donors (Lipinski definition) is 1. The molecule has 0 saturated carbocycles. The van der Waals surface area contributed by atoms with Crippen molar-refractivity contribution in [3.8, 4) is 0 Å². The molecule has 1 aromatic heterocycles. The zero-order chi connectivity index (χ0) is 14.0. The largest absolute Gasteiger partial charge is 0.325 e. The third kappa shape index (κ3) is 2.96. The Kier molecular flexibility index (Phi) is 4.23. The second-order valence-electron chi connectivity index (χ2n) is 5.42. The first-order valence-electron chi connectivity index (χ1n) is 6.59. The second-order valence-corrected chi connectivity index (χ2v) is 7.33. The van der Waals surface area contributed by atoms with Gasteiger partial charge in [0.15, 0.2) is 0 Å². The molecule has 0 aromatic carbocycles. The van der Waals surface area contributed by atoms with E-state index in [4.69, 9.17) is 5.73 Å². The van der Waals surface area contributed by atoms with E-state index in [1.54, 1.807) is 22.6 Å². The van der Waals surface area contributed by atoms with E-state index in [2.05, 4.69) is 18.8 Å². The van der Waals surface area contributed by atoms with Gasteiger partial charge in [0.25, 0.3) is 0 Å². The molecule has 1 fully saturated rings. The van der Waals surface area contributed by atoms with Crippen molar-refractivity contribution in [2.45, 2.75) is 31.7 Å². The smallest absolute Gasteiger partial charge is 0.244 e. The molecule has 6 heteroatoms. The maximum absolute atomic E-state index is 12.7.